The highest BCUT2D eigenvalue weighted by Gasteiger charge is 2.19. The molecule has 0 fully saturated rings. The molecule has 0 heterocycles. The summed E-state index contributed by atoms with van der Waals surface area (Å²) >= 11 is 0. The van der Waals surface area contributed by atoms with Crippen LogP contribution in [0.3, 0.4) is 0 Å². The Balaban J connectivity index is 0. The van der Waals surface area contributed by atoms with Crippen molar-refractivity contribution in [3.05, 3.63) is 12.2 Å². The normalized spacial score (nSPS) is 10.8. The Morgan fingerprint density at radius 2 is 1.50 bits per heavy atom. The van der Waals surface area contributed by atoms with Crippen LogP contribution in [0.5, 0.6) is 0 Å². The van der Waals surface area contributed by atoms with Gasteiger partial charge in [0.2, 0.25) is 0 Å². The van der Waals surface area contributed by atoms with E-state index in [9.17, 15) is 4.79 Å². The van der Waals surface area contributed by atoms with Gasteiger partial charge >= 0.3 is 5.97 Å². The lowest BCUT2D eigenvalue weighted by Crippen LogP contribution is -3.00. The number of unbranched alkanes of at least 4 members (excludes halogenated alkanes) is 3. The van der Waals surface area contributed by atoms with Crippen molar-refractivity contribution in [1.82, 2.24) is 0 Å². The molecule has 4 heteroatoms. The summed E-state index contributed by atoms with van der Waals surface area (Å²) in [5.41, 5.74) is 0.482. The van der Waals surface area contributed by atoms with Crippen LogP contribution < -0.4 is 17.0 Å². The van der Waals surface area contributed by atoms with Gasteiger partial charge in [0.1, 0.15) is 0 Å². The summed E-state index contributed by atoms with van der Waals surface area (Å²) in [6.07, 6.45) is 4.60. The molecule has 0 spiro atoms. The van der Waals surface area contributed by atoms with E-state index in [0.29, 0.717) is 12.2 Å². The largest absolute Gasteiger partial charge is 1.00 e. The minimum Gasteiger partial charge on any atom is -1.00 e. The van der Waals surface area contributed by atoms with Gasteiger partial charge in [0.15, 0.2) is 0 Å². The number of carbonyl (C=O) groups excluding carboxylic acids is 1. The van der Waals surface area contributed by atoms with Crippen LogP contribution in [0, 0.1) is 0 Å². The third-order valence-electron chi connectivity index (χ3n) is 4.12. The van der Waals surface area contributed by atoms with Gasteiger partial charge in [-0.05, 0) is 53.4 Å². The molecule has 0 aliphatic carbocycles. The summed E-state index contributed by atoms with van der Waals surface area (Å²) in [6.45, 7) is 17.6. The standard InChI is InChI=1S/C16H32NO2.BrH/c1-6-17(7-2,8-3)13-11-9-10-12-14-19-16(18)15(4)5;/h4,6-14H2,1-3,5H3;1H/q+1;/p-1. The molecule has 0 atom stereocenters. The molecule has 0 aliphatic heterocycles. The first-order valence-corrected chi connectivity index (χ1v) is 7.69. The van der Waals surface area contributed by atoms with Crippen LogP contribution >= 0.6 is 0 Å². The monoisotopic (exact) mass is 349 g/mol. The van der Waals surface area contributed by atoms with E-state index in [4.69, 9.17) is 4.74 Å². The molecule has 0 aliphatic rings. The van der Waals surface area contributed by atoms with Gasteiger partial charge in [-0.15, -0.1) is 0 Å². The number of esters is 1. The fourth-order valence-corrected chi connectivity index (χ4v) is 2.34. The number of halogens is 1. The molecular weight excluding hydrogens is 318 g/mol. The second-order valence-electron chi connectivity index (χ2n) is 5.34. The van der Waals surface area contributed by atoms with E-state index in [2.05, 4.69) is 27.4 Å². The Labute approximate surface area is 135 Å². The van der Waals surface area contributed by atoms with Crippen molar-refractivity contribution >= 4 is 5.97 Å². The summed E-state index contributed by atoms with van der Waals surface area (Å²) in [6, 6.07) is 0. The number of rotatable bonds is 11. The van der Waals surface area contributed by atoms with E-state index in [1.165, 1.54) is 43.5 Å². The van der Waals surface area contributed by atoms with Gasteiger partial charge in [0.25, 0.3) is 0 Å². The minimum atomic E-state index is -0.265. The molecule has 0 aromatic rings. The van der Waals surface area contributed by atoms with Crippen LogP contribution in [0.15, 0.2) is 12.2 Å². The van der Waals surface area contributed by atoms with E-state index in [1.807, 2.05) is 0 Å². The van der Waals surface area contributed by atoms with Gasteiger partial charge in [-0.25, -0.2) is 4.79 Å². The molecule has 0 N–H and O–H groups in total. The van der Waals surface area contributed by atoms with E-state index in [0.717, 1.165) is 12.8 Å². The Bertz CT molecular complexity index is 267. The predicted molar refractivity (Wildman–Crippen MR) is 81.0 cm³/mol. The molecule has 0 radical (unpaired) electrons. The zero-order chi connectivity index (χ0) is 14.7. The summed E-state index contributed by atoms with van der Waals surface area (Å²) in [4.78, 5) is 11.2. The smallest absolute Gasteiger partial charge is 0.333 e. The Morgan fingerprint density at radius 3 is 1.95 bits per heavy atom. The van der Waals surface area contributed by atoms with E-state index >= 15 is 0 Å². The highest BCUT2D eigenvalue weighted by Crippen LogP contribution is 2.10. The molecule has 0 rings (SSSR count). The molecule has 0 saturated carbocycles. The molecule has 0 unspecified atom stereocenters. The molecule has 120 valence electrons. The lowest BCUT2D eigenvalue weighted by molar-refractivity contribution is -0.923. The predicted octanol–water partition coefficient (Wildman–Crippen LogP) is 0.547. The van der Waals surface area contributed by atoms with Gasteiger partial charge in [0, 0.05) is 5.57 Å². The number of hydrogen-bond acceptors (Lipinski definition) is 2. The van der Waals surface area contributed by atoms with Crippen molar-refractivity contribution in [3.63, 3.8) is 0 Å². The lowest BCUT2D eigenvalue weighted by atomic mass is 10.1. The topological polar surface area (TPSA) is 26.3 Å². The van der Waals surface area contributed by atoms with Crippen LogP contribution in [0.2, 0.25) is 0 Å². The van der Waals surface area contributed by atoms with Crippen molar-refractivity contribution < 1.29 is 31.0 Å². The van der Waals surface area contributed by atoms with Crippen LogP contribution in [0.25, 0.3) is 0 Å². The quantitative estimate of drug-likeness (QED) is 0.235. The maximum atomic E-state index is 11.2. The zero-order valence-corrected chi connectivity index (χ0v) is 15.3. The fraction of sp³-hybridized carbons (Fsp3) is 0.812. The van der Waals surface area contributed by atoms with Gasteiger partial charge in [-0.1, -0.05) is 6.58 Å². The first kappa shape index (κ1) is 21.9. The van der Waals surface area contributed by atoms with E-state index in [-0.39, 0.29) is 23.0 Å². The van der Waals surface area contributed by atoms with Crippen LogP contribution in [-0.4, -0.2) is 43.2 Å². The average Bonchev–Trinajstić information content (AvgIpc) is 2.42. The maximum absolute atomic E-state index is 11.2. The number of ether oxygens (including phenoxy) is 1. The zero-order valence-electron chi connectivity index (χ0n) is 13.7. The molecule has 20 heavy (non-hydrogen) atoms. The van der Waals surface area contributed by atoms with Crippen molar-refractivity contribution in [2.24, 2.45) is 0 Å². The van der Waals surface area contributed by atoms with E-state index < -0.39 is 0 Å². The molecule has 0 aromatic heterocycles. The number of quaternary nitrogens is 1. The highest BCUT2D eigenvalue weighted by atomic mass is 79.9. The summed E-state index contributed by atoms with van der Waals surface area (Å²) < 4.78 is 6.30. The minimum absolute atomic E-state index is 0. The average molecular weight is 350 g/mol. The molecular formula is C16H32BrNO2. The third-order valence-corrected chi connectivity index (χ3v) is 4.12. The first-order valence-electron chi connectivity index (χ1n) is 7.69. The second-order valence-corrected chi connectivity index (χ2v) is 5.34. The van der Waals surface area contributed by atoms with Crippen LogP contribution in [0.4, 0.5) is 0 Å². The van der Waals surface area contributed by atoms with Crippen molar-refractivity contribution in [2.75, 3.05) is 32.8 Å². The molecule has 3 nitrogen and oxygen atoms in total. The summed E-state index contributed by atoms with van der Waals surface area (Å²) in [5.74, 6) is -0.265. The van der Waals surface area contributed by atoms with Crippen molar-refractivity contribution in [1.29, 1.82) is 0 Å². The van der Waals surface area contributed by atoms with Crippen LogP contribution in [0.1, 0.15) is 53.4 Å². The van der Waals surface area contributed by atoms with Crippen molar-refractivity contribution in [3.8, 4) is 0 Å². The SMILES string of the molecule is C=C(C)C(=O)OCCCCCC[N+](CC)(CC)CC.[Br-]. The number of carbonyl (C=O) groups is 1. The summed E-state index contributed by atoms with van der Waals surface area (Å²) in [5, 5.41) is 0. The first-order chi connectivity index (χ1) is 9.01. The van der Waals surface area contributed by atoms with Gasteiger partial charge in [-0.3, -0.25) is 0 Å². The number of nitrogens with zero attached hydrogens (tertiary/aromatic N) is 1. The van der Waals surface area contributed by atoms with E-state index in [1.54, 1.807) is 6.92 Å². The van der Waals surface area contributed by atoms with Gasteiger partial charge < -0.3 is 26.2 Å². The second kappa shape index (κ2) is 12.4. The van der Waals surface area contributed by atoms with Gasteiger partial charge in [-0.2, -0.15) is 0 Å². The fourth-order valence-electron chi connectivity index (χ4n) is 2.34. The molecule has 0 aromatic carbocycles. The third kappa shape index (κ3) is 8.75. The molecule has 0 amide bonds. The maximum Gasteiger partial charge on any atom is 0.333 e. The van der Waals surface area contributed by atoms with Crippen LogP contribution in [-0.2, 0) is 9.53 Å². The molecule has 0 bridgehead atoms. The Morgan fingerprint density at radius 1 is 1.00 bits per heavy atom. The number of hydrogen-bond donors (Lipinski definition) is 0. The van der Waals surface area contributed by atoms with Gasteiger partial charge in [0.05, 0.1) is 32.8 Å². The Hall–Kier alpha value is -0.350. The Kier molecular flexibility index (Phi) is 13.6. The summed E-state index contributed by atoms with van der Waals surface area (Å²) in [7, 11) is 0. The highest BCUT2D eigenvalue weighted by molar-refractivity contribution is 5.86. The van der Waals surface area contributed by atoms with Crippen molar-refractivity contribution in [2.45, 2.75) is 53.4 Å². The lowest BCUT2D eigenvalue weighted by Gasteiger charge is -2.35. The molecule has 0 saturated heterocycles.